The topological polar surface area (TPSA) is 67.9 Å². The number of fused-ring (bicyclic) bond motifs is 2. The first kappa shape index (κ1) is 19.0. The summed E-state index contributed by atoms with van der Waals surface area (Å²) >= 11 is 0. The molecular formula is C23H22N2O4. The standard InChI is InChI=1S/C23H22N2O4/c1-28-15-23(27)25-11-10-17-6-8-19(13-21(17)25)24-22(26)14-29-20-9-7-16-4-2-3-5-18(16)12-20/h2-9,12-13H,10-11,14-15H2,1H3,(H,24,26). The van der Waals surface area contributed by atoms with Crippen molar-refractivity contribution in [2.45, 2.75) is 6.42 Å². The molecule has 0 atom stereocenters. The second-order valence-electron chi connectivity index (χ2n) is 6.92. The van der Waals surface area contributed by atoms with E-state index < -0.39 is 0 Å². The monoisotopic (exact) mass is 390 g/mol. The highest BCUT2D eigenvalue weighted by Crippen LogP contribution is 2.31. The Morgan fingerprint density at radius 2 is 1.83 bits per heavy atom. The zero-order valence-corrected chi connectivity index (χ0v) is 16.2. The number of hydrogen-bond acceptors (Lipinski definition) is 4. The van der Waals surface area contributed by atoms with Gasteiger partial charge in [-0.3, -0.25) is 9.59 Å². The largest absolute Gasteiger partial charge is 0.484 e. The van der Waals surface area contributed by atoms with Gasteiger partial charge in [0, 0.05) is 25.0 Å². The molecular weight excluding hydrogens is 368 g/mol. The minimum atomic E-state index is -0.258. The molecule has 1 heterocycles. The van der Waals surface area contributed by atoms with Crippen LogP contribution in [0.15, 0.2) is 60.7 Å². The number of nitrogens with zero attached hydrogens (tertiary/aromatic N) is 1. The van der Waals surface area contributed by atoms with Gasteiger partial charge in [-0.15, -0.1) is 0 Å². The van der Waals surface area contributed by atoms with E-state index in [9.17, 15) is 9.59 Å². The Kier molecular flexibility index (Phi) is 5.44. The van der Waals surface area contributed by atoms with Crippen LogP contribution in [0, 0.1) is 0 Å². The third kappa shape index (κ3) is 4.22. The Bertz CT molecular complexity index is 1060. The number of carbonyl (C=O) groups is 2. The molecule has 3 aromatic rings. The Morgan fingerprint density at radius 3 is 2.66 bits per heavy atom. The predicted molar refractivity (Wildman–Crippen MR) is 112 cm³/mol. The van der Waals surface area contributed by atoms with Gasteiger partial charge in [0.05, 0.1) is 0 Å². The summed E-state index contributed by atoms with van der Waals surface area (Å²) in [5.74, 6) is 0.296. The Hall–Kier alpha value is -3.38. The zero-order valence-electron chi connectivity index (χ0n) is 16.2. The molecule has 0 fully saturated rings. The molecule has 0 radical (unpaired) electrons. The van der Waals surface area contributed by atoms with Crippen molar-refractivity contribution < 1.29 is 19.1 Å². The van der Waals surface area contributed by atoms with Crippen molar-refractivity contribution in [2.24, 2.45) is 0 Å². The van der Waals surface area contributed by atoms with Crippen LogP contribution in [-0.2, 0) is 20.7 Å². The number of ether oxygens (including phenoxy) is 2. The van der Waals surface area contributed by atoms with E-state index in [1.165, 1.54) is 7.11 Å². The Balaban J connectivity index is 1.39. The van der Waals surface area contributed by atoms with E-state index in [2.05, 4.69) is 5.32 Å². The molecule has 1 N–H and O–H groups in total. The summed E-state index contributed by atoms with van der Waals surface area (Å²) in [6.07, 6.45) is 0.796. The van der Waals surface area contributed by atoms with Gasteiger partial charge in [0.25, 0.3) is 11.8 Å². The highest BCUT2D eigenvalue weighted by molar-refractivity contribution is 5.98. The van der Waals surface area contributed by atoms with Crippen molar-refractivity contribution in [2.75, 3.05) is 37.1 Å². The van der Waals surface area contributed by atoms with E-state index in [-0.39, 0.29) is 25.0 Å². The number of nitrogens with one attached hydrogen (secondary N) is 1. The van der Waals surface area contributed by atoms with Crippen molar-refractivity contribution >= 4 is 34.0 Å². The van der Waals surface area contributed by atoms with Gasteiger partial charge in [0.2, 0.25) is 0 Å². The molecule has 2 amide bonds. The summed E-state index contributed by atoms with van der Waals surface area (Å²) in [4.78, 5) is 26.2. The Labute approximate surface area is 169 Å². The maximum absolute atomic E-state index is 12.3. The van der Waals surface area contributed by atoms with E-state index in [1.807, 2.05) is 60.7 Å². The van der Waals surface area contributed by atoms with Crippen molar-refractivity contribution in [3.05, 3.63) is 66.2 Å². The number of carbonyl (C=O) groups excluding carboxylic acids is 2. The molecule has 6 nitrogen and oxygen atoms in total. The fraction of sp³-hybridized carbons (Fsp3) is 0.217. The van der Waals surface area contributed by atoms with Gasteiger partial charge < -0.3 is 19.7 Å². The van der Waals surface area contributed by atoms with Gasteiger partial charge in [-0.05, 0) is 47.0 Å². The molecule has 0 unspecified atom stereocenters. The maximum Gasteiger partial charge on any atom is 0.262 e. The lowest BCUT2D eigenvalue weighted by atomic mass is 10.1. The zero-order chi connectivity index (χ0) is 20.2. The third-order valence-corrected chi connectivity index (χ3v) is 4.92. The third-order valence-electron chi connectivity index (χ3n) is 4.92. The summed E-state index contributed by atoms with van der Waals surface area (Å²) in [5.41, 5.74) is 2.54. The molecule has 0 bridgehead atoms. The highest BCUT2D eigenvalue weighted by Gasteiger charge is 2.24. The van der Waals surface area contributed by atoms with Gasteiger partial charge in [-0.2, -0.15) is 0 Å². The van der Waals surface area contributed by atoms with E-state index in [0.717, 1.165) is 28.4 Å². The normalized spacial score (nSPS) is 12.7. The molecule has 3 aromatic carbocycles. The maximum atomic E-state index is 12.3. The van der Waals surface area contributed by atoms with E-state index in [0.29, 0.717) is 18.0 Å². The van der Waals surface area contributed by atoms with Crippen LogP contribution in [0.5, 0.6) is 5.75 Å². The number of benzene rings is 3. The second-order valence-corrected chi connectivity index (χ2v) is 6.92. The molecule has 148 valence electrons. The predicted octanol–water partition coefficient (Wildman–Crippen LogP) is 3.39. The lowest BCUT2D eigenvalue weighted by Gasteiger charge is -2.17. The molecule has 1 aliphatic rings. The fourth-order valence-electron chi connectivity index (χ4n) is 3.52. The van der Waals surface area contributed by atoms with Crippen LogP contribution in [0.2, 0.25) is 0 Å². The van der Waals surface area contributed by atoms with Crippen LogP contribution in [0.1, 0.15) is 5.56 Å². The van der Waals surface area contributed by atoms with Gasteiger partial charge in [-0.25, -0.2) is 0 Å². The molecule has 0 spiro atoms. The first-order valence-electron chi connectivity index (χ1n) is 9.48. The molecule has 0 saturated carbocycles. The number of rotatable bonds is 6. The molecule has 1 aliphatic heterocycles. The minimum absolute atomic E-state index is 0.0373. The van der Waals surface area contributed by atoms with Gasteiger partial charge >= 0.3 is 0 Å². The molecule has 29 heavy (non-hydrogen) atoms. The quantitative estimate of drug-likeness (QED) is 0.701. The van der Waals surface area contributed by atoms with Crippen molar-refractivity contribution in [1.29, 1.82) is 0 Å². The van der Waals surface area contributed by atoms with Crippen LogP contribution in [0.3, 0.4) is 0 Å². The lowest BCUT2D eigenvalue weighted by molar-refractivity contribution is -0.122. The molecule has 6 heteroatoms. The van der Waals surface area contributed by atoms with Crippen LogP contribution >= 0.6 is 0 Å². The average molecular weight is 390 g/mol. The van der Waals surface area contributed by atoms with Crippen molar-refractivity contribution in [3.8, 4) is 5.75 Å². The highest BCUT2D eigenvalue weighted by atomic mass is 16.5. The van der Waals surface area contributed by atoms with Crippen LogP contribution in [-0.4, -0.2) is 38.7 Å². The Morgan fingerprint density at radius 1 is 1.00 bits per heavy atom. The summed E-state index contributed by atoms with van der Waals surface area (Å²) in [6, 6.07) is 19.3. The number of methoxy groups -OCH3 is 1. The SMILES string of the molecule is COCC(=O)N1CCc2ccc(NC(=O)COc3ccc4ccccc4c3)cc21. The van der Waals surface area contributed by atoms with Gasteiger partial charge in [0.15, 0.2) is 6.61 Å². The van der Waals surface area contributed by atoms with E-state index in [4.69, 9.17) is 9.47 Å². The minimum Gasteiger partial charge on any atom is -0.484 e. The van der Waals surface area contributed by atoms with Crippen molar-refractivity contribution in [3.63, 3.8) is 0 Å². The molecule has 0 aromatic heterocycles. The molecule has 0 saturated heterocycles. The van der Waals surface area contributed by atoms with Crippen LogP contribution in [0.4, 0.5) is 11.4 Å². The van der Waals surface area contributed by atoms with Crippen molar-refractivity contribution in [1.82, 2.24) is 0 Å². The first-order valence-corrected chi connectivity index (χ1v) is 9.48. The van der Waals surface area contributed by atoms with Gasteiger partial charge in [-0.1, -0.05) is 36.4 Å². The summed E-state index contributed by atoms with van der Waals surface area (Å²) in [7, 11) is 1.50. The smallest absolute Gasteiger partial charge is 0.262 e. The van der Waals surface area contributed by atoms with Gasteiger partial charge in [0.1, 0.15) is 12.4 Å². The lowest BCUT2D eigenvalue weighted by Crippen LogP contribution is -2.32. The average Bonchev–Trinajstić information content (AvgIpc) is 3.15. The number of anilines is 2. The van der Waals surface area contributed by atoms with Crippen LogP contribution < -0.4 is 15.0 Å². The van der Waals surface area contributed by atoms with E-state index >= 15 is 0 Å². The number of hydrogen-bond donors (Lipinski definition) is 1. The summed E-state index contributed by atoms with van der Waals surface area (Å²) in [6.45, 7) is 0.567. The van der Waals surface area contributed by atoms with E-state index in [1.54, 1.807) is 4.90 Å². The summed E-state index contributed by atoms with van der Waals surface area (Å²) in [5, 5.41) is 5.02. The second kappa shape index (κ2) is 8.32. The number of amides is 2. The summed E-state index contributed by atoms with van der Waals surface area (Å²) < 4.78 is 10.6. The fourth-order valence-corrected chi connectivity index (χ4v) is 3.52. The molecule has 4 rings (SSSR count). The molecule has 0 aliphatic carbocycles. The first-order chi connectivity index (χ1) is 14.1. The van der Waals surface area contributed by atoms with Crippen LogP contribution in [0.25, 0.3) is 10.8 Å².